The number of carbonyl (C=O) groups excluding carboxylic acids is 2. The van der Waals surface area contributed by atoms with Gasteiger partial charge in [-0.25, -0.2) is 0 Å². The van der Waals surface area contributed by atoms with Gasteiger partial charge in [0.25, 0.3) is 5.91 Å². The van der Waals surface area contributed by atoms with E-state index in [0.717, 1.165) is 32.9 Å². The summed E-state index contributed by atoms with van der Waals surface area (Å²) in [4.78, 5) is 25.8. The average molecular weight is 401 g/mol. The zero-order valence-electron chi connectivity index (χ0n) is 16.1. The zero-order chi connectivity index (χ0) is 20.5. The topological polar surface area (TPSA) is 82.0 Å². The number of fused-ring (bicyclic) bond motifs is 1. The van der Waals surface area contributed by atoms with Crippen LogP contribution < -0.4 is 10.6 Å². The van der Waals surface area contributed by atoms with E-state index in [1.807, 2.05) is 50.2 Å². The average Bonchev–Trinajstić information content (AvgIpc) is 3.04. The largest absolute Gasteiger partial charge is 0.321 e. The van der Waals surface area contributed by atoms with E-state index >= 15 is 0 Å². The molecule has 0 spiro atoms. The molecule has 6 heteroatoms. The Morgan fingerprint density at radius 1 is 1.21 bits per heavy atom. The van der Waals surface area contributed by atoms with Crippen LogP contribution in [0.15, 0.2) is 48.5 Å². The number of nitrogens with one attached hydrogen (secondary N) is 2. The number of amides is 2. The number of anilines is 2. The van der Waals surface area contributed by atoms with Crippen molar-refractivity contribution in [3.8, 4) is 6.07 Å². The molecule has 4 rings (SSSR count). The van der Waals surface area contributed by atoms with Gasteiger partial charge in [-0.3, -0.25) is 9.59 Å². The molecule has 1 aromatic heterocycles. The highest BCUT2D eigenvalue weighted by atomic mass is 32.1. The molecule has 5 nitrogen and oxygen atoms in total. The van der Waals surface area contributed by atoms with Crippen LogP contribution in [0.3, 0.4) is 0 Å². The van der Waals surface area contributed by atoms with Gasteiger partial charge in [0, 0.05) is 18.0 Å². The molecular weight excluding hydrogens is 382 g/mol. The van der Waals surface area contributed by atoms with Gasteiger partial charge in [0.05, 0.1) is 21.5 Å². The van der Waals surface area contributed by atoms with Crippen molar-refractivity contribution in [2.45, 2.75) is 26.2 Å². The van der Waals surface area contributed by atoms with E-state index in [2.05, 4.69) is 16.7 Å². The highest BCUT2D eigenvalue weighted by Gasteiger charge is 2.32. The normalized spacial score (nSPS) is 15.2. The molecule has 2 heterocycles. The molecule has 0 aliphatic carbocycles. The van der Waals surface area contributed by atoms with Crippen LogP contribution in [0.25, 0.3) is 0 Å². The third kappa shape index (κ3) is 3.65. The van der Waals surface area contributed by atoms with Gasteiger partial charge in [-0.05, 0) is 60.4 Å². The van der Waals surface area contributed by atoms with Gasteiger partial charge >= 0.3 is 0 Å². The van der Waals surface area contributed by atoms with Crippen molar-refractivity contribution in [3.05, 3.63) is 81.2 Å². The monoisotopic (exact) mass is 401 g/mol. The first-order valence-corrected chi connectivity index (χ1v) is 10.1. The van der Waals surface area contributed by atoms with Gasteiger partial charge in [-0.2, -0.15) is 5.26 Å². The van der Waals surface area contributed by atoms with E-state index in [9.17, 15) is 9.59 Å². The van der Waals surface area contributed by atoms with Crippen LogP contribution in [0.5, 0.6) is 0 Å². The highest BCUT2D eigenvalue weighted by Crippen LogP contribution is 2.45. The molecule has 144 valence electrons. The minimum atomic E-state index is -0.180. The quantitative estimate of drug-likeness (QED) is 0.650. The Hall–Kier alpha value is -3.43. The smallest absolute Gasteiger partial charge is 0.266 e. The molecule has 2 amide bonds. The van der Waals surface area contributed by atoms with Crippen LogP contribution in [0.2, 0.25) is 0 Å². The van der Waals surface area contributed by atoms with Gasteiger partial charge < -0.3 is 10.6 Å². The summed E-state index contributed by atoms with van der Waals surface area (Å²) in [6.45, 7) is 3.90. The van der Waals surface area contributed by atoms with Crippen LogP contribution in [0, 0.1) is 25.2 Å². The molecule has 29 heavy (non-hydrogen) atoms. The SMILES string of the molecule is Cc1cccc(NC(=O)c2sc3c(c2C)C(c2ccc(C#N)cc2)CC(=O)N3)c1. The number of hydrogen-bond donors (Lipinski definition) is 2. The second-order valence-electron chi connectivity index (χ2n) is 7.16. The lowest BCUT2D eigenvalue weighted by Gasteiger charge is -2.24. The minimum absolute atomic E-state index is 0.0706. The van der Waals surface area contributed by atoms with Crippen LogP contribution in [-0.4, -0.2) is 11.8 Å². The Labute approximate surface area is 173 Å². The molecule has 1 aliphatic heterocycles. The standard InChI is InChI=1S/C23H19N3O2S/c1-13-4-3-5-17(10-13)25-22(28)21-14(2)20-18(11-19(27)26-23(20)29-21)16-8-6-15(12-24)7-9-16/h3-10,18H,11H2,1-2H3,(H,25,28)(H,26,27). The number of rotatable bonds is 3. The Kier molecular flexibility index (Phi) is 4.91. The van der Waals surface area contributed by atoms with E-state index in [1.165, 1.54) is 11.3 Å². The molecule has 2 aromatic carbocycles. The maximum Gasteiger partial charge on any atom is 0.266 e. The lowest BCUT2D eigenvalue weighted by molar-refractivity contribution is -0.116. The molecule has 0 fully saturated rings. The predicted octanol–water partition coefficient (Wildman–Crippen LogP) is 4.96. The van der Waals surface area contributed by atoms with Crippen molar-refractivity contribution in [3.63, 3.8) is 0 Å². The number of thiophene rings is 1. The molecule has 1 unspecified atom stereocenters. The number of benzene rings is 2. The summed E-state index contributed by atoms with van der Waals surface area (Å²) in [6, 6.07) is 17.0. The second-order valence-corrected chi connectivity index (χ2v) is 8.18. The minimum Gasteiger partial charge on any atom is -0.321 e. The summed E-state index contributed by atoms with van der Waals surface area (Å²) in [7, 11) is 0. The zero-order valence-corrected chi connectivity index (χ0v) is 16.9. The molecule has 1 aliphatic rings. The van der Waals surface area contributed by atoms with Crippen molar-refractivity contribution in [2.24, 2.45) is 0 Å². The van der Waals surface area contributed by atoms with Gasteiger partial charge in [-0.1, -0.05) is 24.3 Å². The lowest BCUT2D eigenvalue weighted by atomic mass is 9.84. The van der Waals surface area contributed by atoms with Crippen LogP contribution in [0.4, 0.5) is 10.7 Å². The summed E-state index contributed by atoms with van der Waals surface area (Å²) in [5, 5.41) is 15.6. The first-order chi connectivity index (χ1) is 14.0. The van der Waals surface area contributed by atoms with E-state index in [-0.39, 0.29) is 17.7 Å². The van der Waals surface area contributed by atoms with Crippen LogP contribution in [-0.2, 0) is 4.79 Å². The van der Waals surface area contributed by atoms with Gasteiger partial charge in [0.1, 0.15) is 0 Å². The molecule has 0 saturated carbocycles. The Bertz CT molecular complexity index is 1160. The summed E-state index contributed by atoms with van der Waals surface area (Å²) < 4.78 is 0. The van der Waals surface area contributed by atoms with Crippen molar-refractivity contribution in [1.82, 2.24) is 0 Å². The van der Waals surface area contributed by atoms with Crippen molar-refractivity contribution >= 4 is 33.8 Å². The fourth-order valence-corrected chi connectivity index (χ4v) is 4.89. The number of nitriles is 1. The van der Waals surface area contributed by atoms with Gasteiger partial charge in [0.2, 0.25) is 5.91 Å². The fraction of sp³-hybridized carbons (Fsp3) is 0.174. The first kappa shape index (κ1) is 18.9. The van der Waals surface area contributed by atoms with E-state index in [4.69, 9.17) is 5.26 Å². The number of aryl methyl sites for hydroxylation is 1. The van der Waals surface area contributed by atoms with E-state index < -0.39 is 0 Å². The molecule has 3 aromatic rings. The molecule has 2 N–H and O–H groups in total. The Morgan fingerprint density at radius 2 is 1.97 bits per heavy atom. The number of carbonyl (C=O) groups is 2. The molecule has 1 atom stereocenters. The number of nitrogens with zero attached hydrogens (tertiary/aromatic N) is 1. The Balaban J connectivity index is 1.70. The van der Waals surface area contributed by atoms with Gasteiger partial charge in [0.15, 0.2) is 0 Å². The third-order valence-corrected chi connectivity index (χ3v) is 6.33. The maximum absolute atomic E-state index is 12.9. The molecule has 0 saturated heterocycles. The summed E-state index contributed by atoms with van der Waals surface area (Å²) in [6.07, 6.45) is 0.315. The fourth-order valence-electron chi connectivity index (χ4n) is 3.71. The van der Waals surface area contributed by atoms with Gasteiger partial charge in [-0.15, -0.1) is 11.3 Å². The predicted molar refractivity (Wildman–Crippen MR) is 114 cm³/mol. The molecular formula is C23H19N3O2S. The number of hydrogen-bond acceptors (Lipinski definition) is 4. The van der Waals surface area contributed by atoms with Crippen molar-refractivity contribution in [1.29, 1.82) is 5.26 Å². The third-order valence-electron chi connectivity index (χ3n) is 5.11. The summed E-state index contributed by atoms with van der Waals surface area (Å²) in [5.74, 6) is -0.387. The highest BCUT2D eigenvalue weighted by molar-refractivity contribution is 7.18. The molecule has 0 bridgehead atoms. The second kappa shape index (κ2) is 7.53. The van der Waals surface area contributed by atoms with E-state index in [0.29, 0.717) is 16.9 Å². The van der Waals surface area contributed by atoms with Crippen LogP contribution in [0.1, 0.15) is 49.8 Å². The van der Waals surface area contributed by atoms with Crippen molar-refractivity contribution < 1.29 is 9.59 Å². The molecule has 0 radical (unpaired) electrons. The summed E-state index contributed by atoms with van der Waals surface area (Å²) in [5.41, 5.74) is 5.21. The van der Waals surface area contributed by atoms with Crippen LogP contribution >= 0.6 is 11.3 Å². The first-order valence-electron chi connectivity index (χ1n) is 9.27. The lowest BCUT2D eigenvalue weighted by Crippen LogP contribution is -2.22. The summed E-state index contributed by atoms with van der Waals surface area (Å²) >= 11 is 1.31. The van der Waals surface area contributed by atoms with E-state index in [1.54, 1.807) is 12.1 Å². The maximum atomic E-state index is 12.9. The van der Waals surface area contributed by atoms with Crippen molar-refractivity contribution in [2.75, 3.05) is 10.6 Å². The Morgan fingerprint density at radius 3 is 2.66 bits per heavy atom.